The molecular weight excluding hydrogens is 573 g/mol. The summed E-state index contributed by atoms with van der Waals surface area (Å²) in [5.74, 6) is 0.973. The molecule has 2 heterocycles. The number of halogens is 4. The van der Waals surface area contributed by atoms with Gasteiger partial charge in [0.05, 0.1) is 48.4 Å². The average molecular weight is 601 g/mol. The first-order valence-corrected chi connectivity index (χ1v) is 13.8. The zero-order valence-corrected chi connectivity index (χ0v) is 23.7. The molecule has 1 aliphatic rings. The summed E-state index contributed by atoms with van der Waals surface area (Å²) in [4.78, 5) is 9.80. The van der Waals surface area contributed by atoms with Gasteiger partial charge in [0.1, 0.15) is 11.5 Å². The number of benzene rings is 2. The molecule has 0 N–H and O–H groups in total. The van der Waals surface area contributed by atoms with Gasteiger partial charge >= 0.3 is 6.18 Å². The molecule has 0 unspecified atom stereocenters. The minimum atomic E-state index is -4.67. The van der Waals surface area contributed by atoms with Crippen molar-refractivity contribution in [2.45, 2.75) is 29.6 Å². The monoisotopic (exact) mass is 600 g/mol. The number of hydroxylamine groups is 2. The molecule has 0 amide bonds. The van der Waals surface area contributed by atoms with Crippen LogP contribution in [0.1, 0.15) is 23.6 Å². The van der Waals surface area contributed by atoms with E-state index in [1.807, 2.05) is 24.3 Å². The van der Waals surface area contributed by atoms with Gasteiger partial charge in [0.15, 0.2) is 5.82 Å². The molecule has 9 nitrogen and oxygen atoms in total. The van der Waals surface area contributed by atoms with E-state index in [0.717, 1.165) is 15.0 Å². The summed E-state index contributed by atoms with van der Waals surface area (Å²) in [7, 11) is 1.88. The predicted octanol–water partition coefficient (Wildman–Crippen LogP) is 5.19. The predicted molar refractivity (Wildman–Crippen MR) is 143 cm³/mol. The van der Waals surface area contributed by atoms with Crippen molar-refractivity contribution in [1.29, 1.82) is 0 Å². The number of hydrazine groups is 1. The second kappa shape index (κ2) is 11.8. The zero-order chi connectivity index (χ0) is 29.2. The van der Waals surface area contributed by atoms with Gasteiger partial charge in [-0.3, -0.25) is 9.85 Å². The van der Waals surface area contributed by atoms with Crippen molar-refractivity contribution in [1.82, 2.24) is 14.5 Å². The number of pyridine rings is 1. The number of hydrogen-bond donors (Lipinski definition) is 0. The molecule has 0 radical (unpaired) electrons. The van der Waals surface area contributed by atoms with Gasteiger partial charge in [0.25, 0.3) is 10.0 Å². The Morgan fingerprint density at radius 2 is 1.65 bits per heavy atom. The number of rotatable bonds is 9. The van der Waals surface area contributed by atoms with E-state index in [-0.39, 0.29) is 28.3 Å². The number of methoxy groups -OCH3 is 2. The molecule has 216 valence electrons. The molecule has 40 heavy (non-hydrogen) atoms. The van der Waals surface area contributed by atoms with Crippen LogP contribution in [0.25, 0.3) is 0 Å². The lowest BCUT2D eigenvalue weighted by Crippen LogP contribution is -2.48. The lowest BCUT2D eigenvalue weighted by molar-refractivity contribution is -0.146. The molecule has 3 aromatic rings. The quantitative estimate of drug-likeness (QED) is 0.310. The van der Waals surface area contributed by atoms with Crippen LogP contribution in [0, 0.1) is 0 Å². The van der Waals surface area contributed by atoms with Gasteiger partial charge < -0.3 is 9.47 Å². The molecule has 0 spiro atoms. The molecule has 1 aliphatic heterocycles. The van der Waals surface area contributed by atoms with E-state index in [2.05, 4.69) is 4.98 Å². The summed E-state index contributed by atoms with van der Waals surface area (Å²) < 4.78 is 78.7. The lowest BCUT2D eigenvalue weighted by atomic mass is 10.0. The topological polar surface area (TPSA) is 84.4 Å². The van der Waals surface area contributed by atoms with Crippen molar-refractivity contribution < 1.29 is 35.9 Å². The minimum absolute atomic E-state index is 0.0683. The van der Waals surface area contributed by atoms with Gasteiger partial charge in [0.2, 0.25) is 0 Å². The number of ether oxygens (including phenoxy) is 2. The number of nitrogens with zero attached hydrogens (tertiary/aromatic N) is 4. The standard InChI is InChI=1S/C26H28ClF3N4O5S/c1-32(25-23(27)13-18(15-31-25)26(28,29)30)34(40(35,36)22-11-9-20(38-4)10-12-22)16-21-14-24(33(2)39-21)17-5-7-19(37-3)8-6-17/h5-13,15,21,24H,14,16H2,1-4H3/t21-,24+/m1/s1. The van der Waals surface area contributed by atoms with Crippen LogP contribution >= 0.6 is 11.6 Å². The van der Waals surface area contributed by atoms with Crippen LogP contribution in [0.5, 0.6) is 11.5 Å². The van der Waals surface area contributed by atoms with Gasteiger partial charge in [0, 0.05) is 20.3 Å². The summed E-state index contributed by atoms with van der Waals surface area (Å²) in [6.07, 6.45) is -4.24. The van der Waals surface area contributed by atoms with E-state index in [4.69, 9.17) is 25.9 Å². The smallest absolute Gasteiger partial charge is 0.417 e. The first-order chi connectivity index (χ1) is 18.8. The Bertz CT molecular complexity index is 1430. The fourth-order valence-corrected chi connectivity index (χ4v) is 6.16. The van der Waals surface area contributed by atoms with E-state index >= 15 is 0 Å². The normalized spacial score (nSPS) is 18.2. The first-order valence-electron chi connectivity index (χ1n) is 12.0. The Morgan fingerprint density at radius 1 is 1.07 bits per heavy atom. The van der Waals surface area contributed by atoms with Crippen LogP contribution in [0.3, 0.4) is 0 Å². The number of sulfonamides is 1. The maximum absolute atomic E-state index is 13.9. The van der Waals surface area contributed by atoms with Crippen LogP contribution in [-0.2, 0) is 21.0 Å². The third kappa shape index (κ3) is 6.28. The van der Waals surface area contributed by atoms with Crippen molar-refractivity contribution in [3.63, 3.8) is 0 Å². The summed E-state index contributed by atoms with van der Waals surface area (Å²) in [6.45, 7) is -0.180. The average Bonchev–Trinajstić information content (AvgIpc) is 3.30. The Morgan fingerprint density at radius 3 is 2.17 bits per heavy atom. The van der Waals surface area contributed by atoms with Crippen molar-refractivity contribution in [3.8, 4) is 11.5 Å². The fraction of sp³-hybridized carbons (Fsp3) is 0.346. The number of alkyl halides is 3. The van der Waals surface area contributed by atoms with E-state index in [1.165, 1.54) is 38.4 Å². The third-order valence-corrected chi connectivity index (χ3v) is 8.62. The van der Waals surface area contributed by atoms with E-state index < -0.39 is 27.9 Å². The number of hydrogen-bond acceptors (Lipinski definition) is 8. The van der Waals surface area contributed by atoms with Crippen molar-refractivity contribution in [3.05, 3.63) is 76.9 Å². The Balaban J connectivity index is 1.67. The van der Waals surface area contributed by atoms with Crippen molar-refractivity contribution in [2.75, 3.05) is 39.9 Å². The van der Waals surface area contributed by atoms with Crippen LogP contribution in [-0.4, -0.2) is 63.8 Å². The second-order valence-corrected chi connectivity index (χ2v) is 11.3. The molecule has 0 aliphatic carbocycles. The van der Waals surface area contributed by atoms with Crippen molar-refractivity contribution in [2.24, 2.45) is 0 Å². The molecular formula is C26H28ClF3N4O5S. The van der Waals surface area contributed by atoms with Crippen LogP contribution in [0.15, 0.2) is 65.7 Å². The molecule has 1 aromatic heterocycles. The maximum Gasteiger partial charge on any atom is 0.417 e. The fourth-order valence-electron chi connectivity index (χ4n) is 4.38. The van der Waals surface area contributed by atoms with Crippen molar-refractivity contribution >= 4 is 27.4 Å². The largest absolute Gasteiger partial charge is 0.497 e. The van der Waals surface area contributed by atoms with Gasteiger partial charge in [-0.2, -0.15) is 18.2 Å². The van der Waals surface area contributed by atoms with Crippen LogP contribution in [0.4, 0.5) is 19.0 Å². The number of aromatic nitrogens is 1. The van der Waals surface area contributed by atoms with E-state index in [1.54, 1.807) is 19.2 Å². The Labute approximate surface area is 235 Å². The zero-order valence-electron chi connectivity index (χ0n) is 22.1. The highest BCUT2D eigenvalue weighted by atomic mass is 35.5. The first kappa shape index (κ1) is 29.9. The van der Waals surface area contributed by atoms with Gasteiger partial charge in [-0.15, -0.1) is 4.41 Å². The molecule has 4 rings (SSSR count). The second-order valence-electron chi connectivity index (χ2n) is 9.03. The number of anilines is 1. The molecule has 2 atom stereocenters. The summed E-state index contributed by atoms with van der Waals surface area (Å²) in [5, 5.41) is 2.40. The minimum Gasteiger partial charge on any atom is -0.497 e. The summed E-state index contributed by atoms with van der Waals surface area (Å²) in [6, 6.07) is 13.7. The molecule has 0 saturated carbocycles. The van der Waals surface area contributed by atoms with E-state index in [0.29, 0.717) is 30.2 Å². The molecule has 0 bridgehead atoms. The molecule has 1 saturated heterocycles. The van der Waals surface area contributed by atoms with Crippen LogP contribution in [0.2, 0.25) is 5.02 Å². The highest BCUT2D eigenvalue weighted by Gasteiger charge is 2.39. The molecule has 1 fully saturated rings. The van der Waals surface area contributed by atoms with E-state index in [9.17, 15) is 21.6 Å². The lowest BCUT2D eigenvalue weighted by Gasteiger charge is -2.33. The third-order valence-electron chi connectivity index (χ3n) is 6.53. The van der Waals surface area contributed by atoms with Gasteiger partial charge in [-0.05, 0) is 54.4 Å². The SMILES string of the molecule is COc1ccc([C@@H]2C[C@H](CN(N(C)c3ncc(C(F)(F)F)cc3Cl)S(=O)(=O)c3ccc(OC)cc3)ON2C)cc1. The summed E-state index contributed by atoms with van der Waals surface area (Å²) >= 11 is 6.19. The molecule has 2 aromatic carbocycles. The van der Waals surface area contributed by atoms with Crippen LogP contribution < -0.4 is 14.5 Å². The summed E-state index contributed by atoms with van der Waals surface area (Å²) in [5.41, 5.74) is -0.113. The molecule has 14 heteroatoms. The Kier molecular flexibility index (Phi) is 8.80. The highest BCUT2D eigenvalue weighted by molar-refractivity contribution is 7.89. The maximum atomic E-state index is 13.9. The van der Waals surface area contributed by atoms with Gasteiger partial charge in [-0.25, -0.2) is 13.4 Å². The highest BCUT2D eigenvalue weighted by Crippen LogP contribution is 2.37. The Hall–Kier alpha value is -3.10. The van der Waals surface area contributed by atoms with Gasteiger partial charge in [-0.1, -0.05) is 23.7 Å².